The summed E-state index contributed by atoms with van der Waals surface area (Å²) in [6, 6.07) is 6.52. The lowest BCUT2D eigenvalue weighted by Crippen LogP contribution is -2.52. The average molecular weight is 233 g/mol. The first-order chi connectivity index (χ1) is 8.09. The summed E-state index contributed by atoms with van der Waals surface area (Å²) in [7, 11) is 0. The van der Waals surface area contributed by atoms with E-state index in [4.69, 9.17) is 5.73 Å². The molecule has 1 fully saturated rings. The smallest absolute Gasteiger partial charge is 0.0544 e. The van der Waals surface area contributed by atoms with Crippen LogP contribution in [0.15, 0.2) is 18.2 Å². The van der Waals surface area contributed by atoms with Crippen molar-refractivity contribution in [3.8, 4) is 0 Å². The van der Waals surface area contributed by atoms with E-state index in [0.29, 0.717) is 0 Å². The zero-order chi connectivity index (χ0) is 12.4. The van der Waals surface area contributed by atoms with Gasteiger partial charge in [0.05, 0.1) is 6.17 Å². The Morgan fingerprint density at radius 1 is 1.06 bits per heavy atom. The molecule has 1 aromatic rings. The number of benzene rings is 1. The van der Waals surface area contributed by atoms with E-state index in [1.54, 1.807) is 0 Å². The Morgan fingerprint density at radius 3 is 2.06 bits per heavy atom. The molecule has 1 aliphatic heterocycles. The lowest BCUT2D eigenvalue weighted by Gasteiger charge is -2.39. The van der Waals surface area contributed by atoms with Gasteiger partial charge in [-0.05, 0) is 31.9 Å². The van der Waals surface area contributed by atoms with Gasteiger partial charge in [-0.3, -0.25) is 4.90 Å². The minimum absolute atomic E-state index is 0.176. The quantitative estimate of drug-likeness (QED) is 0.844. The molecule has 1 saturated heterocycles. The lowest BCUT2D eigenvalue weighted by molar-refractivity contribution is 0.201. The second-order valence-electron chi connectivity index (χ2n) is 5.00. The minimum Gasteiger partial charge on any atom is -0.369 e. The summed E-state index contributed by atoms with van der Waals surface area (Å²) in [4.78, 5) is 4.83. The van der Waals surface area contributed by atoms with Gasteiger partial charge in [0.15, 0.2) is 0 Å². The maximum absolute atomic E-state index is 5.92. The molecule has 2 rings (SSSR count). The van der Waals surface area contributed by atoms with Crippen molar-refractivity contribution in [3.05, 3.63) is 29.3 Å². The Morgan fingerprint density at radius 2 is 1.59 bits per heavy atom. The standard InChI is InChI=1S/C14H23N3/c1-11-5-4-6-12(2)14(11)17-9-7-16(8-10-17)13(3)15/h4-6,13H,7-10,15H2,1-3H3. The maximum atomic E-state index is 5.92. The Bertz CT molecular complexity index is 359. The number of hydrogen-bond acceptors (Lipinski definition) is 3. The number of para-hydroxylation sites is 1. The monoisotopic (exact) mass is 233 g/mol. The van der Waals surface area contributed by atoms with E-state index < -0.39 is 0 Å². The molecule has 94 valence electrons. The molecule has 0 aromatic heterocycles. The first kappa shape index (κ1) is 12.4. The zero-order valence-corrected chi connectivity index (χ0v) is 11.1. The van der Waals surface area contributed by atoms with Crippen LogP contribution in [0.1, 0.15) is 18.1 Å². The van der Waals surface area contributed by atoms with Crippen LogP contribution >= 0.6 is 0 Å². The number of hydrogen-bond donors (Lipinski definition) is 1. The molecule has 1 atom stereocenters. The molecule has 1 aromatic carbocycles. The Labute approximate surface area is 104 Å². The molecule has 0 radical (unpaired) electrons. The molecule has 0 spiro atoms. The first-order valence-electron chi connectivity index (χ1n) is 6.40. The number of rotatable bonds is 2. The Balaban J connectivity index is 2.11. The van der Waals surface area contributed by atoms with Crippen molar-refractivity contribution in [3.63, 3.8) is 0 Å². The Kier molecular flexibility index (Phi) is 3.69. The molecule has 1 unspecified atom stereocenters. The average Bonchev–Trinajstić information content (AvgIpc) is 2.29. The van der Waals surface area contributed by atoms with Crippen molar-refractivity contribution in [2.75, 3.05) is 31.1 Å². The first-order valence-corrected chi connectivity index (χ1v) is 6.40. The van der Waals surface area contributed by atoms with Gasteiger partial charge in [0.2, 0.25) is 0 Å². The molecular weight excluding hydrogens is 210 g/mol. The fraction of sp³-hybridized carbons (Fsp3) is 0.571. The van der Waals surface area contributed by atoms with Crippen LogP contribution in [-0.4, -0.2) is 37.2 Å². The zero-order valence-electron chi connectivity index (χ0n) is 11.1. The molecule has 0 saturated carbocycles. The van der Waals surface area contributed by atoms with Gasteiger partial charge in [-0.1, -0.05) is 18.2 Å². The van der Waals surface area contributed by atoms with Crippen LogP contribution in [0.2, 0.25) is 0 Å². The molecule has 3 nitrogen and oxygen atoms in total. The van der Waals surface area contributed by atoms with E-state index in [-0.39, 0.29) is 6.17 Å². The molecular formula is C14H23N3. The lowest BCUT2D eigenvalue weighted by atomic mass is 10.1. The summed E-state index contributed by atoms with van der Waals surface area (Å²) in [5.74, 6) is 0. The number of nitrogens with zero attached hydrogens (tertiary/aromatic N) is 2. The van der Waals surface area contributed by atoms with Crippen LogP contribution in [0.3, 0.4) is 0 Å². The van der Waals surface area contributed by atoms with E-state index >= 15 is 0 Å². The van der Waals surface area contributed by atoms with Crippen LogP contribution in [-0.2, 0) is 0 Å². The fourth-order valence-corrected chi connectivity index (χ4v) is 2.66. The molecule has 0 bridgehead atoms. The van der Waals surface area contributed by atoms with E-state index in [9.17, 15) is 0 Å². The van der Waals surface area contributed by atoms with Crippen molar-refractivity contribution in [1.82, 2.24) is 4.90 Å². The van der Waals surface area contributed by atoms with Gasteiger partial charge in [-0.2, -0.15) is 0 Å². The third kappa shape index (κ3) is 2.61. The van der Waals surface area contributed by atoms with Crippen LogP contribution in [0, 0.1) is 13.8 Å². The number of nitrogens with two attached hydrogens (primary N) is 1. The third-order valence-electron chi connectivity index (χ3n) is 3.65. The predicted octanol–water partition coefficient (Wildman–Crippen LogP) is 1.73. The SMILES string of the molecule is Cc1cccc(C)c1N1CCN(C(C)N)CC1. The van der Waals surface area contributed by atoms with E-state index in [2.05, 4.69) is 48.8 Å². The molecule has 0 amide bonds. The van der Waals surface area contributed by atoms with Crippen molar-refractivity contribution in [2.45, 2.75) is 26.9 Å². The highest BCUT2D eigenvalue weighted by molar-refractivity contribution is 5.59. The van der Waals surface area contributed by atoms with Crippen molar-refractivity contribution in [2.24, 2.45) is 5.73 Å². The molecule has 17 heavy (non-hydrogen) atoms. The van der Waals surface area contributed by atoms with Gasteiger partial charge >= 0.3 is 0 Å². The third-order valence-corrected chi connectivity index (χ3v) is 3.65. The van der Waals surface area contributed by atoms with Crippen LogP contribution < -0.4 is 10.6 Å². The second-order valence-corrected chi connectivity index (χ2v) is 5.00. The second kappa shape index (κ2) is 5.07. The van der Waals surface area contributed by atoms with Gasteiger partial charge in [-0.25, -0.2) is 0 Å². The summed E-state index contributed by atoms with van der Waals surface area (Å²) >= 11 is 0. The molecule has 1 aliphatic rings. The van der Waals surface area contributed by atoms with E-state index in [1.807, 2.05) is 0 Å². The summed E-state index contributed by atoms with van der Waals surface area (Å²) in [5.41, 5.74) is 10.1. The molecule has 3 heteroatoms. The van der Waals surface area contributed by atoms with Gasteiger partial charge in [0.25, 0.3) is 0 Å². The summed E-state index contributed by atoms with van der Waals surface area (Å²) in [6.45, 7) is 10.7. The van der Waals surface area contributed by atoms with Crippen molar-refractivity contribution < 1.29 is 0 Å². The van der Waals surface area contributed by atoms with Crippen molar-refractivity contribution >= 4 is 5.69 Å². The molecule has 1 heterocycles. The topological polar surface area (TPSA) is 32.5 Å². The normalized spacial score (nSPS) is 19.4. The Hall–Kier alpha value is -1.06. The fourth-order valence-electron chi connectivity index (χ4n) is 2.66. The molecule has 2 N–H and O–H groups in total. The van der Waals surface area contributed by atoms with Gasteiger partial charge in [0, 0.05) is 31.9 Å². The summed E-state index contributed by atoms with van der Waals surface area (Å²) in [5, 5.41) is 0. The number of anilines is 1. The van der Waals surface area contributed by atoms with Gasteiger partial charge < -0.3 is 10.6 Å². The number of piperazine rings is 1. The largest absolute Gasteiger partial charge is 0.369 e. The molecule has 0 aliphatic carbocycles. The number of aryl methyl sites for hydroxylation is 2. The highest BCUT2D eigenvalue weighted by atomic mass is 15.3. The van der Waals surface area contributed by atoms with Gasteiger partial charge in [0.1, 0.15) is 0 Å². The van der Waals surface area contributed by atoms with E-state index in [1.165, 1.54) is 16.8 Å². The van der Waals surface area contributed by atoms with Crippen molar-refractivity contribution in [1.29, 1.82) is 0 Å². The van der Waals surface area contributed by atoms with Crippen LogP contribution in [0.5, 0.6) is 0 Å². The van der Waals surface area contributed by atoms with Gasteiger partial charge in [-0.15, -0.1) is 0 Å². The maximum Gasteiger partial charge on any atom is 0.0544 e. The predicted molar refractivity (Wildman–Crippen MR) is 73.4 cm³/mol. The van der Waals surface area contributed by atoms with Crippen LogP contribution in [0.4, 0.5) is 5.69 Å². The van der Waals surface area contributed by atoms with Crippen LogP contribution in [0.25, 0.3) is 0 Å². The highest BCUT2D eigenvalue weighted by Crippen LogP contribution is 2.25. The minimum atomic E-state index is 0.176. The van der Waals surface area contributed by atoms with E-state index in [0.717, 1.165) is 26.2 Å². The summed E-state index contributed by atoms with van der Waals surface area (Å²) < 4.78 is 0. The summed E-state index contributed by atoms with van der Waals surface area (Å²) in [6.07, 6.45) is 0.176. The highest BCUT2D eigenvalue weighted by Gasteiger charge is 2.20.